The van der Waals surface area contributed by atoms with E-state index in [1.807, 2.05) is 6.92 Å². The molecule has 2 fully saturated rings. The van der Waals surface area contributed by atoms with Crippen LogP contribution in [-0.4, -0.2) is 23.8 Å². The molecule has 1 aromatic carbocycles. The monoisotopic (exact) mass is 382 g/mol. The molecule has 28 heavy (non-hydrogen) atoms. The summed E-state index contributed by atoms with van der Waals surface area (Å²) in [7, 11) is 1.74. The molecule has 0 radical (unpaired) electrons. The van der Waals surface area contributed by atoms with E-state index in [-0.39, 0.29) is 16.2 Å². The summed E-state index contributed by atoms with van der Waals surface area (Å²) in [6.45, 7) is 11.4. The number of carboxylic acids is 1. The molecule has 1 aromatic rings. The maximum absolute atomic E-state index is 11.3. The predicted octanol–water partition coefficient (Wildman–Crippen LogP) is 5.50. The molecule has 3 aliphatic rings. The molecular formula is C25H34O3. The average Bonchev–Trinajstić information content (AvgIpc) is 3.28. The van der Waals surface area contributed by atoms with Crippen molar-refractivity contribution in [1.82, 2.24) is 0 Å². The van der Waals surface area contributed by atoms with E-state index < -0.39 is 11.6 Å². The summed E-state index contributed by atoms with van der Waals surface area (Å²) < 4.78 is 6.02. The number of hydrogen-bond acceptors (Lipinski definition) is 2. The van der Waals surface area contributed by atoms with Gasteiger partial charge in [0.05, 0.1) is 5.60 Å². The van der Waals surface area contributed by atoms with Gasteiger partial charge in [-0.15, -0.1) is 0 Å². The van der Waals surface area contributed by atoms with E-state index in [2.05, 4.69) is 45.9 Å². The van der Waals surface area contributed by atoms with Gasteiger partial charge in [-0.05, 0) is 72.1 Å². The molecule has 2 saturated carbocycles. The number of fused-ring (bicyclic) bond motifs is 2. The summed E-state index contributed by atoms with van der Waals surface area (Å²) in [5.41, 5.74) is 5.46. The molecule has 3 nitrogen and oxygen atoms in total. The maximum Gasteiger partial charge on any atom is 0.328 e. The van der Waals surface area contributed by atoms with Gasteiger partial charge in [0.15, 0.2) is 0 Å². The third-order valence-corrected chi connectivity index (χ3v) is 8.38. The van der Waals surface area contributed by atoms with Crippen LogP contribution >= 0.6 is 0 Å². The Morgan fingerprint density at radius 3 is 2.29 bits per heavy atom. The number of hydrogen-bond donors (Lipinski definition) is 1. The van der Waals surface area contributed by atoms with Crippen LogP contribution in [0.3, 0.4) is 0 Å². The van der Waals surface area contributed by atoms with Crippen molar-refractivity contribution in [2.24, 2.45) is 5.92 Å². The lowest BCUT2D eigenvalue weighted by atomic mass is 9.62. The summed E-state index contributed by atoms with van der Waals surface area (Å²) in [5, 5.41) is 9.24. The summed E-state index contributed by atoms with van der Waals surface area (Å²) in [4.78, 5) is 11.3. The molecule has 0 saturated heterocycles. The fourth-order valence-corrected chi connectivity index (χ4v) is 6.32. The zero-order chi connectivity index (χ0) is 20.5. The minimum absolute atomic E-state index is 0.149. The van der Waals surface area contributed by atoms with Crippen molar-refractivity contribution in [1.29, 1.82) is 0 Å². The first-order valence-electron chi connectivity index (χ1n) is 10.6. The summed E-state index contributed by atoms with van der Waals surface area (Å²) in [6, 6.07) is 7.21. The Hall–Kier alpha value is -1.61. The minimum Gasteiger partial charge on any atom is -0.478 e. The highest BCUT2D eigenvalue weighted by molar-refractivity contribution is 5.81. The van der Waals surface area contributed by atoms with Gasteiger partial charge in [-0.2, -0.15) is 0 Å². The van der Waals surface area contributed by atoms with Crippen LogP contribution in [0.15, 0.2) is 29.8 Å². The number of benzene rings is 1. The third kappa shape index (κ3) is 2.62. The number of carbonyl (C=O) groups is 1. The van der Waals surface area contributed by atoms with E-state index in [1.54, 1.807) is 7.11 Å². The molecule has 0 bridgehead atoms. The van der Waals surface area contributed by atoms with Crippen LogP contribution in [0.2, 0.25) is 0 Å². The molecule has 3 heteroatoms. The van der Waals surface area contributed by atoms with Gasteiger partial charge < -0.3 is 9.84 Å². The molecule has 3 aliphatic carbocycles. The number of rotatable bonds is 4. The lowest BCUT2D eigenvalue weighted by molar-refractivity contribution is -0.131. The normalized spacial score (nSPS) is 35.2. The first-order valence-corrected chi connectivity index (χ1v) is 10.6. The summed E-state index contributed by atoms with van der Waals surface area (Å²) in [5.74, 6) is -0.511. The van der Waals surface area contributed by atoms with Gasteiger partial charge in [0, 0.05) is 24.5 Å². The molecule has 0 aliphatic heterocycles. The van der Waals surface area contributed by atoms with E-state index in [0.29, 0.717) is 5.92 Å². The van der Waals surface area contributed by atoms with Gasteiger partial charge in [-0.3, -0.25) is 0 Å². The lowest BCUT2D eigenvalue weighted by Gasteiger charge is -2.42. The van der Waals surface area contributed by atoms with Crippen molar-refractivity contribution < 1.29 is 14.6 Å². The molecule has 1 N–H and O–H groups in total. The Morgan fingerprint density at radius 2 is 1.71 bits per heavy atom. The van der Waals surface area contributed by atoms with E-state index in [1.165, 1.54) is 35.6 Å². The van der Waals surface area contributed by atoms with Crippen LogP contribution in [0.4, 0.5) is 0 Å². The van der Waals surface area contributed by atoms with E-state index in [4.69, 9.17) is 4.74 Å². The van der Waals surface area contributed by atoms with Crippen molar-refractivity contribution >= 4 is 5.97 Å². The quantitative estimate of drug-likeness (QED) is 0.699. The highest BCUT2D eigenvalue weighted by atomic mass is 16.5. The first-order chi connectivity index (χ1) is 13.0. The number of carboxylic acid groups (broad SMARTS) is 1. The Labute approximate surface area is 169 Å². The molecule has 152 valence electrons. The van der Waals surface area contributed by atoms with Gasteiger partial charge in [0.1, 0.15) is 0 Å². The average molecular weight is 383 g/mol. The zero-order valence-corrected chi connectivity index (χ0v) is 18.2. The van der Waals surface area contributed by atoms with Gasteiger partial charge in [-0.25, -0.2) is 4.79 Å². The molecule has 3 atom stereocenters. The SMILES string of the molecule is COC1(/C(C)=C\C(=O)O)CCC2(c3ccc4c(c3)C(C)(C)CCC4(C)C)CC12. The molecule has 0 aromatic heterocycles. The number of aliphatic carboxylic acids is 1. The second-order valence-electron chi connectivity index (χ2n) is 10.7. The summed E-state index contributed by atoms with van der Waals surface area (Å²) >= 11 is 0. The molecular weight excluding hydrogens is 348 g/mol. The Morgan fingerprint density at radius 1 is 1.07 bits per heavy atom. The minimum atomic E-state index is -0.884. The molecule has 0 spiro atoms. The highest BCUT2D eigenvalue weighted by Gasteiger charge is 2.70. The van der Waals surface area contributed by atoms with Gasteiger partial charge >= 0.3 is 5.97 Å². The fourth-order valence-electron chi connectivity index (χ4n) is 6.32. The van der Waals surface area contributed by atoms with E-state index in [0.717, 1.165) is 24.8 Å². The second kappa shape index (κ2) is 5.95. The van der Waals surface area contributed by atoms with Crippen molar-refractivity contribution in [3.8, 4) is 0 Å². The van der Waals surface area contributed by atoms with Crippen molar-refractivity contribution in [2.45, 2.75) is 88.6 Å². The second-order valence-corrected chi connectivity index (χ2v) is 10.7. The molecule has 4 rings (SSSR count). The zero-order valence-electron chi connectivity index (χ0n) is 18.2. The number of ether oxygens (including phenoxy) is 1. The van der Waals surface area contributed by atoms with Gasteiger partial charge in [0.2, 0.25) is 0 Å². The third-order valence-electron chi connectivity index (χ3n) is 8.38. The molecule has 0 amide bonds. The van der Waals surface area contributed by atoms with E-state index >= 15 is 0 Å². The van der Waals surface area contributed by atoms with Crippen molar-refractivity contribution in [3.05, 3.63) is 46.5 Å². The Bertz CT molecular complexity index is 863. The Balaban J connectivity index is 1.74. The van der Waals surface area contributed by atoms with E-state index in [9.17, 15) is 9.90 Å². The maximum atomic E-state index is 11.3. The fraction of sp³-hybridized carbons (Fsp3) is 0.640. The topological polar surface area (TPSA) is 46.5 Å². The van der Waals surface area contributed by atoms with Crippen molar-refractivity contribution in [2.75, 3.05) is 7.11 Å². The standard InChI is InChI=1S/C25H34O3/c1-16(13-21(26)27)25(28-6)12-11-24(15-20(24)25)17-7-8-18-19(14-17)23(4,5)10-9-22(18,2)3/h7-8,13-14,20H,9-12,15H2,1-6H3,(H,26,27)/b16-13-. The first kappa shape index (κ1) is 19.7. The number of methoxy groups -OCH3 is 1. The van der Waals surface area contributed by atoms with Crippen molar-refractivity contribution in [3.63, 3.8) is 0 Å². The predicted molar refractivity (Wildman–Crippen MR) is 112 cm³/mol. The smallest absolute Gasteiger partial charge is 0.328 e. The largest absolute Gasteiger partial charge is 0.478 e. The van der Waals surface area contributed by atoms with Gasteiger partial charge in [-0.1, -0.05) is 45.9 Å². The lowest BCUT2D eigenvalue weighted by Crippen LogP contribution is -2.34. The van der Waals surface area contributed by atoms with Crippen LogP contribution in [-0.2, 0) is 25.8 Å². The molecule has 0 heterocycles. The van der Waals surface area contributed by atoms with Crippen LogP contribution in [0.5, 0.6) is 0 Å². The van der Waals surface area contributed by atoms with Crippen LogP contribution in [0.25, 0.3) is 0 Å². The van der Waals surface area contributed by atoms with Crippen LogP contribution in [0, 0.1) is 5.92 Å². The van der Waals surface area contributed by atoms with Crippen LogP contribution < -0.4 is 0 Å². The van der Waals surface area contributed by atoms with Gasteiger partial charge in [0.25, 0.3) is 0 Å². The molecule has 3 unspecified atom stereocenters. The van der Waals surface area contributed by atoms with Crippen LogP contribution in [0.1, 0.15) is 83.4 Å². The highest BCUT2D eigenvalue weighted by Crippen LogP contribution is 2.71. The Kier molecular flexibility index (Phi) is 4.18. The summed E-state index contributed by atoms with van der Waals surface area (Å²) in [6.07, 6.45) is 6.85.